The summed E-state index contributed by atoms with van der Waals surface area (Å²) < 4.78 is 0. The second kappa shape index (κ2) is 15.7. The van der Waals surface area contributed by atoms with Crippen LogP contribution in [0.15, 0.2) is 6.08 Å². The molecule has 0 rings (SSSR count). The lowest BCUT2D eigenvalue weighted by atomic mass is 10.1. The van der Waals surface area contributed by atoms with E-state index < -0.39 is 0 Å². The Morgan fingerprint density at radius 1 is 0.647 bits per heavy atom. The highest BCUT2D eigenvalue weighted by Gasteiger charge is 1.91. The van der Waals surface area contributed by atoms with E-state index in [2.05, 4.69) is 26.0 Å². The quantitative estimate of drug-likeness (QED) is 0.323. The molecule has 0 aromatic rings. The molecular weight excluding hydrogens is 204 g/mol. The van der Waals surface area contributed by atoms with Gasteiger partial charge in [0.15, 0.2) is 0 Å². The Hall–Kier alpha value is -0.260. The van der Waals surface area contributed by atoms with Crippen molar-refractivity contribution in [1.29, 1.82) is 0 Å². The van der Waals surface area contributed by atoms with Gasteiger partial charge in [0.05, 0.1) is 0 Å². The Balaban J connectivity index is 2.94. The fourth-order valence-electron chi connectivity index (χ4n) is 2.08. The molecule has 0 nitrogen and oxygen atoms in total. The lowest BCUT2D eigenvalue weighted by molar-refractivity contribution is 0.557. The fourth-order valence-corrected chi connectivity index (χ4v) is 2.08. The summed E-state index contributed by atoms with van der Waals surface area (Å²) in [6, 6.07) is 0. The normalized spacial score (nSPS) is 11.4. The van der Waals surface area contributed by atoms with Gasteiger partial charge in [0.2, 0.25) is 0 Å². The third-order valence-corrected chi connectivity index (χ3v) is 3.24. The van der Waals surface area contributed by atoms with E-state index in [0.29, 0.717) is 0 Å². The molecule has 0 saturated heterocycles. The van der Waals surface area contributed by atoms with Crippen LogP contribution in [-0.2, 0) is 0 Å². The Labute approximate surface area is 110 Å². The summed E-state index contributed by atoms with van der Waals surface area (Å²) in [5, 5.41) is 0. The van der Waals surface area contributed by atoms with Gasteiger partial charge in [0.25, 0.3) is 0 Å². The van der Waals surface area contributed by atoms with Crippen molar-refractivity contribution in [1.82, 2.24) is 0 Å². The monoisotopic (exact) mass is 237 g/mol. The first-order chi connectivity index (χ1) is 8.41. The molecule has 17 heavy (non-hydrogen) atoms. The maximum Gasteiger partial charge on any atom is -0.0282 e. The predicted octanol–water partition coefficient (Wildman–Crippen LogP) is 6.46. The second-order valence-corrected chi connectivity index (χ2v) is 5.13. The number of allylic oxidation sites excluding steroid dienone is 2. The summed E-state index contributed by atoms with van der Waals surface area (Å²) in [7, 11) is 0. The molecule has 0 fully saturated rings. The van der Waals surface area contributed by atoms with Crippen molar-refractivity contribution in [3.05, 3.63) is 12.2 Å². The molecule has 0 amide bonds. The van der Waals surface area contributed by atoms with Gasteiger partial charge in [0, 0.05) is 0 Å². The smallest absolute Gasteiger partial charge is 0.0282 e. The molecule has 1 radical (unpaired) electrons. The van der Waals surface area contributed by atoms with E-state index in [0.717, 1.165) is 6.42 Å². The molecule has 0 bridgehead atoms. The van der Waals surface area contributed by atoms with Crippen LogP contribution in [0.25, 0.3) is 0 Å². The van der Waals surface area contributed by atoms with E-state index in [9.17, 15) is 0 Å². The molecule has 101 valence electrons. The highest BCUT2D eigenvalue weighted by Crippen LogP contribution is 2.11. The number of rotatable bonds is 13. The first-order valence-electron chi connectivity index (χ1n) is 7.96. The maximum absolute atomic E-state index is 3.34. The highest BCUT2D eigenvalue weighted by molar-refractivity contribution is 4.72. The van der Waals surface area contributed by atoms with E-state index in [1.807, 2.05) is 0 Å². The number of hydrogen-bond donors (Lipinski definition) is 0. The van der Waals surface area contributed by atoms with Gasteiger partial charge in [-0.2, -0.15) is 0 Å². The second-order valence-electron chi connectivity index (χ2n) is 5.13. The van der Waals surface area contributed by atoms with E-state index in [1.54, 1.807) is 0 Å². The van der Waals surface area contributed by atoms with Crippen molar-refractivity contribution in [3.8, 4) is 0 Å². The zero-order chi connectivity index (χ0) is 12.6. The molecule has 0 aromatic heterocycles. The summed E-state index contributed by atoms with van der Waals surface area (Å²) in [5.41, 5.74) is 0. The van der Waals surface area contributed by atoms with Crippen molar-refractivity contribution in [2.45, 2.75) is 97.3 Å². The molecule has 0 aliphatic carbocycles. The van der Waals surface area contributed by atoms with Crippen LogP contribution in [0.5, 0.6) is 0 Å². The van der Waals surface area contributed by atoms with Crippen LogP contribution < -0.4 is 0 Å². The van der Waals surface area contributed by atoms with Crippen LogP contribution in [0.1, 0.15) is 97.3 Å². The van der Waals surface area contributed by atoms with E-state index >= 15 is 0 Å². The van der Waals surface area contributed by atoms with Crippen molar-refractivity contribution < 1.29 is 0 Å². The Morgan fingerprint density at radius 2 is 1.18 bits per heavy atom. The van der Waals surface area contributed by atoms with Crippen LogP contribution in [-0.4, -0.2) is 0 Å². The maximum atomic E-state index is 3.34. The van der Waals surface area contributed by atoms with Crippen molar-refractivity contribution >= 4 is 0 Å². The van der Waals surface area contributed by atoms with Gasteiger partial charge in [-0.15, -0.1) is 0 Å². The van der Waals surface area contributed by atoms with Gasteiger partial charge in [-0.3, -0.25) is 0 Å². The Kier molecular flexibility index (Phi) is 15.5. The first-order valence-corrected chi connectivity index (χ1v) is 7.96. The highest BCUT2D eigenvalue weighted by atomic mass is 14.0. The van der Waals surface area contributed by atoms with Crippen LogP contribution in [0, 0.1) is 6.08 Å². The summed E-state index contributed by atoms with van der Waals surface area (Å²) in [6.07, 6.45) is 23.5. The molecule has 0 spiro atoms. The van der Waals surface area contributed by atoms with Gasteiger partial charge in [-0.05, 0) is 25.3 Å². The first kappa shape index (κ1) is 16.7. The SMILES string of the molecule is CCC/[C]=C\CCCCCCCCCCCC. The van der Waals surface area contributed by atoms with Gasteiger partial charge in [-0.25, -0.2) is 0 Å². The van der Waals surface area contributed by atoms with Gasteiger partial charge in [0.1, 0.15) is 0 Å². The lowest BCUT2D eigenvalue weighted by Gasteiger charge is -2.01. The average molecular weight is 237 g/mol. The third kappa shape index (κ3) is 15.7. The van der Waals surface area contributed by atoms with Crippen molar-refractivity contribution in [2.24, 2.45) is 0 Å². The van der Waals surface area contributed by atoms with Crippen molar-refractivity contribution in [3.63, 3.8) is 0 Å². The van der Waals surface area contributed by atoms with Gasteiger partial charge < -0.3 is 0 Å². The number of hydrogen-bond acceptors (Lipinski definition) is 0. The third-order valence-electron chi connectivity index (χ3n) is 3.24. The molecule has 0 N–H and O–H groups in total. The van der Waals surface area contributed by atoms with E-state index in [1.165, 1.54) is 77.0 Å². The Morgan fingerprint density at radius 3 is 1.71 bits per heavy atom. The standard InChI is InChI=1S/C17H33/c1-3-5-7-9-11-13-15-17-16-14-12-10-8-6-4-2/h10H,3-7,9,11-17H2,1-2H3. The average Bonchev–Trinajstić information content (AvgIpc) is 2.35. The molecule has 0 aliphatic rings. The molecule has 0 aromatic carbocycles. The summed E-state index contributed by atoms with van der Waals surface area (Å²) in [4.78, 5) is 0. The van der Waals surface area contributed by atoms with Gasteiger partial charge in [-0.1, -0.05) is 84.1 Å². The molecule has 0 saturated carbocycles. The topological polar surface area (TPSA) is 0 Å². The zero-order valence-electron chi connectivity index (χ0n) is 12.3. The zero-order valence-corrected chi connectivity index (χ0v) is 12.3. The molecule has 0 atom stereocenters. The number of unbranched alkanes of at least 4 members (excludes halogenated alkanes) is 11. The van der Waals surface area contributed by atoms with Crippen LogP contribution >= 0.6 is 0 Å². The largest absolute Gasteiger partial charge is 0.0811 e. The van der Waals surface area contributed by atoms with Crippen LogP contribution in [0.3, 0.4) is 0 Å². The fraction of sp³-hybridized carbons (Fsp3) is 0.882. The van der Waals surface area contributed by atoms with Gasteiger partial charge >= 0.3 is 0 Å². The lowest BCUT2D eigenvalue weighted by Crippen LogP contribution is -1.81. The molecule has 0 unspecified atom stereocenters. The Bertz CT molecular complexity index is 146. The molecular formula is C17H33. The van der Waals surface area contributed by atoms with Crippen molar-refractivity contribution in [2.75, 3.05) is 0 Å². The minimum atomic E-state index is 1.14. The van der Waals surface area contributed by atoms with Crippen LogP contribution in [0.4, 0.5) is 0 Å². The minimum absolute atomic E-state index is 1.14. The summed E-state index contributed by atoms with van der Waals surface area (Å²) in [5.74, 6) is 0. The molecule has 0 heterocycles. The van der Waals surface area contributed by atoms with E-state index in [-0.39, 0.29) is 0 Å². The predicted molar refractivity (Wildman–Crippen MR) is 79.2 cm³/mol. The summed E-state index contributed by atoms with van der Waals surface area (Å²) >= 11 is 0. The van der Waals surface area contributed by atoms with Crippen LogP contribution in [0.2, 0.25) is 0 Å². The summed E-state index contributed by atoms with van der Waals surface area (Å²) in [6.45, 7) is 4.49. The minimum Gasteiger partial charge on any atom is -0.0811 e. The van der Waals surface area contributed by atoms with E-state index in [4.69, 9.17) is 0 Å². The molecule has 0 aliphatic heterocycles. The molecule has 0 heteroatoms.